The lowest BCUT2D eigenvalue weighted by Gasteiger charge is -2.21. The Hall–Kier alpha value is -2.90. The Morgan fingerprint density at radius 2 is 1.91 bits per heavy atom. The van der Waals surface area contributed by atoms with Crippen LogP contribution in [0.1, 0.15) is 17.2 Å². The third-order valence-electron chi connectivity index (χ3n) is 5.03. The first-order valence-electron chi connectivity index (χ1n) is 9.35. The number of benzene rings is 1. The Morgan fingerprint density at radius 3 is 2.56 bits per heavy atom. The lowest BCUT2D eigenvalue weighted by Crippen LogP contribution is -2.44. The molecule has 2 unspecified atom stereocenters. The van der Waals surface area contributed by atoms with Crippen molar-refractivity contribution in [1.82, 2.24) is 9.71 Å². The van der Waals surface area contributed by atoms with Gasteiger partial charge in [-0.1, -0.05) is 12.1 Å². The molecule has 1 amide bonds. The highest BCUT2D eigenvalue weighted by atomic mass is 32.2. The minimum atomic E-state index is -4.76. The highest BCUT2D eigenvalue weighted by Crippen LogP contribution is 2.37. The number of pyridine rings is 1. The van der Waals surface area contributed by atoms with Gasteiger partial charge in [0.25, 0.3) is 5.91 Å². The number of nitrogens with one attached hydrogen (secondary N) is 1. The van der Waals surface area contributed by atoms with Crippen molar-refractivity contribution in [2.45, 2.75) is 24.6 Å². The molecule has 0 saturated carbocycles. The molecule has 0 fully saturated rings. The van der Waals surface area contributed by atoms with Crippen LogP contribution >= 0.6 is 0 Å². The molecule has 4 rings (SSSR count). The van der Waals surface area contributed by atoms with Crippen LogP contribution in [0.5, 0.6) is 0 Å². The number of aliphatic hydroxyl groups excluding tert-OH is 1. The number of aromatic nitrogens is 1. The lowest BCUT2D eigenvalue weighted by molar-refractivity contribution is -0.123. The Labute approximate surface area is 179 Å². The van der Waals surface area contributed by atoms with Gasteiger partial charge in [0.2, 0.25) is 0 Å². The number of nitrogens with zero attached hydrogens (tertiary/aromatic N) is 3. The summed E-state index contributed by atoms with van der Waals surface area (Å²) in [6, 6.07) is 6.79. The van der Waals surface area contributed by atoms with Crippen LogP contribution in [0.15, 0.2) is 35.3 Å². The van der Waals surface area contributed by atoms with Gasteiger partial charge in [-0.2, -0.15) is 31.3 Å². The van der Waals surface area contributed by atoms with Crippen molar-refractivity contribution in [2.75, 3.05) is 17.4 Å². The summed E-state index contributed by atoms with van der Waals surface area (Å²) in [6.45, 7) is -1.98. The average molecular weight is 472 g/mol. The molecule has 0 spiro atoms. The zero-order valence-corrected chi connectivity index (χ0v) is 17.0. The molecule has 2 atom stereocenters. The van der Waals surface area contributed by atoms with Crippen molar-refractivity contribution in [3.63, 3.8) is 0 Å². The number of carbonyl (C=O) groups excluding carboxylic acids is 1. The van der Waals surface area contributed by atoms with E-state index in [4.69, 9.17) is 0 Å². The van der Waals surface area contributed by atoms with E-state index in [-0.39, 0.29) is 35.1 Å². The number of fused-ring (bicyclic) bond motifs is 2. The zero-order valence-electron chi connectivity index (χ0n) is 16.2. The molecule has 2 N–H and O–H groups in total. The van der Waals surface area contributed by atoms with Crippen LogP contribution in [0.3, 0.4) is 0 Å². The quantitative estimate of drug-likeness (QED) is 0.598. The van der Waals surface area contributed by atoms with Crippen molar-refractivity contribution >= 4 is 27.9 Å². The van der Waals surface area contributed by atoms with E-state index in [1.165, 1.54) is 35.1 Å². The van der Waals surface area contributed by atoms with Crippen molar-refractivity contribution in [3.8, 4) is 0 Å². The van der Waals surface area contributed by atoms with Crippen molar-refractivity contribution in [1.29, 1.82) is 0 Å². The molecule has 0 bridgehead atoms. The van der Waals surface area contributed by atoms with Gasteiger partial charge >= 0.3 is 16.4 Å². The SMILES string of the molecule is O=C1N=c2nc3c(cc2=CC1O)N(S(=O)(=O)NCC(F)(F)F)CC3Cc1ccc(F)cc1. The van der Waals surface area contributed by atoms with Gasteiger partial charge < -0.3 is 5.11 Å². The van der Waals surface area contributed by atoms with Crippen LogP contribution in [0.4, 0.5) is 23.2 Å². The fraction of sp³-hybridized carbons (Fsp3) is 0.316. The van der Waals surface area contributed by atoms with Crippen molar-refractivity contribution in [3.05, 3.63) is 58.1 Å². The maximum atomic E-state index is 13.2. The van der Waals surface area contributed by atoms with Gasteiger partial charge in [0, 0.05) is 17.7 Å². The van der Waals surface area contributed by atoms with Gasteiger partial charge in [-0.3, -0.25) is 9.10 Å². The number of hydrogen-bond donors (Lipinski definition) is 2. The average Bonchev–Trinajstić information content (AvgIpc) is 3.05. The van der Waals surface area contributed by atoms with Crippen molar-refractivity contribution in [2.24, 2.45) is 4.99 Å². The summed E-state index contributed by atoms with van der Waals surface area (Å²) in [6.07, 6.45) is -4.94. The molecule has 2 aliphatic rings. The molecule has 1 aromatic carbocycles. The summed E-state index contributed by atoms with van der Waals surface area (Å²) in [5.74, 6) is -1.89. The second-order valence-corrected chi connectivity index (χ2v) is 9.05. The molecular weight excluding hydrogens is 456 g/mol. The Bertz CT molecular complexity index is 1300. The molecule has 32 heavy (non-hydrogen) atoms. The van der Waals surface area contributed by atoms with Gasteiger partial charge in [0.05, 0.1) is 11.4 Å². The largest absolute Gasteiger partial charge is 0.402 e. The van der Waals surface area contributed by atoms with E-state index in [9.17, 15) is 35.9 Å². The minimum Gasteiger partial charge on any atom is -0.379 e. The Kier molecular flexibility index (Phi) is 5.51. The predicted molar refractivity (Wildman–Crippen MR) is 104 cm³/mol. The number of halogens is 4. The van der Waals surface area contributed by atoms with E-state index in [1.807, 2.05) is 0 Å². The Balaban J connectivity index is 1.77. The summed E-state index contributed by atoms with van der Waals surface area (Å²) in [5, 5.41) is 9.89. The molecular formula is C19H16F4N4O4S. The predicted octanol–water partition coefficient (Wildman–Crippen LogP) is 0.0649. The molecule has 170 valence electrons. The summed E-state index contributed by atoms with van der Waals surface area (Å²) in [7, 11) is -4.60. The van der Waals surface area contributed by atoms with Crippen LogP contribution in [0.2, 0.25) is 0 Å². The summed E-state index contributed by atoms with van der Waals surface area (Å²) < 4.78 is 78.7. The van der Waals surface area contributed by atoms with E-state index in [2.05, 4.69) is 9.98 Å². The van der Waals surface area contributed by atoms with Crippen molar-refractivity contribution < 1.29 is 35.9 Å². The summed E-state index contributed by atoms with van der Waals surface area (Å²) >= 11 is 0. The minimum absolute atomic E-state index is 0.0125. The first kappa shape index (κ1) is 22.3. The first-order valence-corrected chi connectivity index (χ1v) is 10.8. The number of amides is 1. The zero-order chi connectivity index (χ0) is 23.3. The van der Waals surface area contributed by atoms with Gasteiger partial charge in [-0.25, -0.2) is 9.37 Å². The second kappa shape index (κ2) is 7.90. The molecule has 1 aromatic heterocycles. The monoisotopic (exact) mass is 472 g/mol. The number of rotatable bonds is 5. The topological polar surface area (TPSA) is 112 Å². The van der Waals surface area contributed by atoms with Crippen LogP contribution in [-0.4, -0.2) is 49.8 Å². The summed E-state index contributed by atoms with van der Waals surface area (Å²) in [4.78, 5) is 19.7. The van der Waals surface area contributed by atoms with Gasteiger partial charge in [0.1, 0.15) is 12.4 Å². The van der Waals surface area contributed by atoms with Crippen LogP contribution in [0, 0.1) is 5.82 Å². The highest BCUT2D eigenvalue weighted by molar-refractivity contribution is 7.90. The number of aliphatic hydroxyl groups is 1. The van der Waals surface area contributed by atoms with E-state index >= 15 is 0 Å². The third-order valence-corrected chi connectivity index (χ3v) is 6.46. The summed E-state index contributed by atoms with van der Waals surface area (Å²) in [5.41, 5.74) is 0.857. The highest BCUT2D eigenvalue weighted by Gasteiger charge is 2.39. The number of anilines is 1. The number of carbonyl (C=O) groups is 1. The normalized spacial score (nSPS) is 20.4. The molecule has 2 aliphatic heterocycles. The molecule has 8 nitrogen and oxygen atoms in total. The van der Waals surface area contributed by atoms with E-state index in [0.717, 1.165) is 10.4 Å². The van der Waals surface area contributed by atoms with Crippen LogP contribution in [-0.2, 0) is 21.4 Å². The second-order valence-electron chi connectivity index (χ2n) is 7.37. The molecule has 0 radical (unpaired) electrons. The Morgan fingerprint density at radius 1 is 1.22 bits per heavy atom. The van der Waals surface area contributed by atoms with E-state index in [0.29, 0.717) is 5.56 Å². The first-order chi connectivity index (χ1) is 14.9. The fourth-order valence-corrected chi connectivity index (χ4v) is 4.86. The molecule has 0 saturated heterocycles. The van der Waals surface area contributed by atoms with Gasteiger partial charge in [0.15, 0.2) is 11.6 Å². The molecule has 13 heteroatoms. The maximum absolute atomic E-state index is 13.2. The van der Waals surface area contributed by atoms with E-state index in [1.54, 1.807) is 0 Å². The lowest BCUT2D eigenvalue weighted by atomic mass is 9.97. The molecule has 0 aliphatic carbocycles. The van der Waals surface area contributed by atoms with Crippen LogP contribution < -0.4 is 19.7 Å². The third kappa shape index (κ3) is 4.49. The van der Waals surface area contributed by atoms with Gasteiger partial charge in [-0.15, -0.1) is 0 Å². The number of hydrogen-bond acceptors (Lipinski definition) is 5. The smallest absolute Gasteiger partial charge is 0.379 e. The van der Waals surface area contributed by atoms with Gasteiger partial charge in [-0.05, 0) is 36.3 Å². The van der Waals surface area contributed by atoms with Crippen LogP contribution in [0.25, 0.3) is 6.08 Å². The standard InChI is InChI=1S/C19H16F4N4O4S/c20-13-3-1-10(2-4-13)5-12-8-27(32(30,31)24-9-19(21,22)23)14-6-11-7-15(28)18(29)26-17(11)25-16(12)14/h1-4,6-7,12,15,24,28H,5,8-9H2. The molecule has 3 heterocycles. The molecule has 2 aromatic rings. The fourth-order valence-electron chi connectivity index (χ4n) is 3.58. The maximum Gasteiger partial charge on any atom is 0.402 e. The number of alkyl halides is 3. The van der Waals surface area contributed by atoms with E-state index < -0.39 is 46.7 Å².